The molecule has 1 aromatic carbocycles. The summed E-state index contributed by atoms with van der Waals surface area (Å²) >= 11 is 0. The molecule has 5 nitrogen and oxygen atoms in total. The number of amides is 2. The molecule has 1 saturated carbocycles. The number of benzene rings is 1. The van der Waals surface area contributed by atoms with Crippen molar-refractivity contribution < 1.29 is 19.1 Å². The van der Waals surface area contributed by atoms with Gasteiger partial charge in [-0.15, -0.1) is 0 Å². The zero-order valence-corrected chi connectivity index (χ0v) is 10.6. The summed E-state index contributed by atoms with van der Waals surface area (Å²) in [4.78, 5) is 34.5. The first-order chi connectivity index (χ1) is 9.08. The van der Waals surface area contributed by atoms with Crippen LogP contribution in [0.25, 0.3) is 0 Å². The predicted octanol–water partition coefficient (Wildman–Crippen LogP) is 1.14. The van der Waals surface area contributed by atoms with Gasteiger partial charge in [0.05, 0.1) is 5.92 Å². The van der Waals surface area contributed by atoms with Gasteiger partial charge >= 0.3 is 5.97 Å². The molecule has 0 heterocycles. The van der Waals surface area contributed by atoms with Gasteiger partial charge in [-0.1, -0.05) is 25.1 Å². The Bertz CT molecular complexity index is 497. The first-order valence-corrected chi connectivity index (χ1v) is 6.14. The molecule has 1 N–H and O–H groups in total. The smallest absolute Gasteiger partial charge is 0.309 e. The summed E-state index contributed by atoms with van der Waals surface area (Å²) in [6.07, 6.45) is 0.809. The average Bonchev–Trinajstić information content (AvgIpc) is 3.14. The molecule has 0 saturated heterocycles. The van der Waals surface area contributed by atoms with Crippen molar-refractivity contribution in [2.45, 2.75) is 13.3 Å². The lowest BCUT2D eigenvalue weighted by Crippen LogP contribution is -2.34. The number of ether oxygens (including phenoxy) is 1. The lowest BCUT2D eigenvalue weighted by atomic mass is 10.2. The summed E-state index contributed by atoms with van der Waals surface area (Å²) in [5.41, 5.74) is 0.387. The van der Waals surface area contributed by atoms with E-state index in [1.807, 2.05) is 6.92 Å². The van der Waals surface area contributed by atoms with Gasteiger partial charge in [0.25, 0.3) is 11.8 Å². The summed E-state index contributed by atoms with van der Waals surface area (Å²) in [5, 5.41) is 2.17. The second-order valence-corrected chi connectivity index (χ2v) is 4.67. The molecule has 2 atom stereocenters. The minimum atomic E-state index is -0.615. The summed E-state index contributed by atoms with van der Waals surface area (Å²) < 4.78 is 4.83. The van der Waals surface area contributed by atoms with E-state index in [2.05, 4.69) is 5.32 Å². The number of rotatable bonds is 4. The molecule has 2 rings (SSSR count). The predicted molar refractivity (Wildman–Crippen MR) is 67.1 cm³/mol. The van der Waals surface area contributed by atoms with Crippen LogP contribution in [0.5, 0.6) is 0 Å². The third-order valence-electron chi connectivity index (χ3n) is 3.05. The van der Waals surface area contributed by atoms with Gasteiger partial charge in [-0.2, -0.15) is 0 Å². The molecule has 0 aromatic heterocycles. The normalized spacial score (nSPS) is 20.5. The monoisotopic (exact) mass is 261 g/mol. The van der Waals surface area contributed by atoms with Gasteiger partial charge in [0, 0.05) is 5.56 Å². The van der Waals surface area contributed by atoms with E-state index in [0.29, 0.717) is 11.5 Å². The van der Waals surface area contributed by atoms with Gasteiger partial charge in [-0.05, 0) is 24.5 Å². The maximum absolute atomic E-state index is 11.6. The zero-order valence-electron chi connectivity index (χ0n) is 10.6. The molecule has 0 unspecified atom stereocenters. The van der Waals surface area contributed by atoms with Gasteiger partial charge in [-0.25, -0.2) is 0 Å². The van der Waals surface area contributed by atoms with Crippen LogP contribution in [0.15, 0.2) is 30.3 Å². The third kappa shape index (κ3) is 3.64. The Labute approximate surface area is 110 Å². The van der Waals surface area contributed by atoms with Crippen LogP contribution in [0.1, 0.15) is 23.7 Å². The molecule has 2 amide bonds. The number of carbonyl (C=O) groups excluding carboxylic acids is 3. The number of nitrogens with one attached hydrogen (secondary N) is 1. The van der Waals surface area contributed by atoms with Crippen LogP contribution in [0.3, 0.4) is 0 Å². The summed E-state index contributed by atoms with van der Waals surface area (Å²) in [6, 6.07) is 8.37. The SMILES string of the molecule is C[C@@H]1C[C@H]1C(=O)OCC(=O)NC(=O)c1ccccc1. The van der Waals surface area contributed by atoms with Crippen LogP contribution in [-0.4, -0.2) is 24.4 Å². The molecule has 19 heavy (non-hydrogen) atoms. The second-order valence-electron chi connectivity index (χ2n) is 4.67. The molecule has 0 radical (unpaired) electrons. The molecule has 0 bridgehead atoms. The standard InChI is InChI=1S/C14H15NO4/c1-9-7-11(9)14(18)19-8-12(16)15-13(17)10-5-3-2-4-6-10/h2-6,9,11H,7-8H2,1H3,(H,15,16,17)/t9-,11-/m1/s1. The van der Waals surface area contributed by atoms with Crippen LogP contribution in [0.4, 0.5) is 0 Å². The molecule has 5 heteroatoms. The van der Waals surface area contributed by atoms with Crippen molar-refractivity contribution >= 4 is 17.8 Å². The largest absolute Gasteiger partial charge is 0.455 e. The molecular weight excluding hydrogens is 246 g/mol. The molecular formula is C14H15NO4. The van der Waals surface area contributed by atoms with E-state index >= 15 is 0 Å². The fourth-order valence-corrected chi connectivity index (χ4v) is 1.72. The highest BCUT2D eigenvalue weighted by Crippen LogP contribution is 2.38. The Kier molecular flexibility index (Phi) is 3.94. The molecule has 1 aliphatic rings. The molecule has 100 valence electrons. The van der Waals surface area contributed by atoms with E-state index in [9.17, 15) is 14.4 Å². The zero-order chi connectivity index (χ0) is 13.8. The molecule has 0 aliphatic heterocycles. The maximum Gasteiger partial charge on any atom is 0.309 e. The van der Waals surface area contributed by atoms with Gasteiger partial charge < -0.3 is 4.74 Å². The lowest BCUT2D eigenvalue weighted by Gasteiger charge is -2.05. The van der Waals surface area contributed by atoms with Gasteiger partial charge in [0.1, 0.15) is 0 Å². The summed E-state index contributed by atoms with van der Waals surface area (Å²) in [5.74, 6) is -1.23. The van der Waals surface area contributed by atoms with Gasteiger partial charge in [-0.3, -0.25) is 19.7 Å². The Morgan fingerprint density at radius 1 is 1.26 bits per heavy atom. The van der Waals surface area contributed by atoms with Crippen molar-refractivity contribution in [3.63, 3.8) is 0 Å². The van der Waals surface area contributed by atoms with Crippen molar-refractivity contribution in [2.75, 3.05) is 6.61 Å². The minimum absolute atomic E-state index is 0.0855. The van der Waals surface area contributed by atoms with Crippen LogP contribution in [0.2, 0.25) is 0 Å². The third-order valence-corrected chi connectivity index (χ3v) is 3.05. The van der Waals surface area contributed by atoms with E-state index in [1.54, 1.807) is 30.3 Å². The fraction of sp³-hybridized carbons (Fsp3) is 0.357. The van der Waals surface area contributed by atoms with E-state index in [0.717, 1.165) is 6.42 Å². The highest BCUT2D eigenvalue weighted by molar-refractivity contribution is 6.05. The Hall–Kier alpha value is -2.17. The number of carbonyl (C=O) groups is 3. The van der Waals surface area contributed by atoms with Crippen molar-refractivity contribution in [3.05, 3.63) is 35.9 Å². The first-order valence-electron chi connectivity index (χ1n) is 6.14. The van der Waals surface area contributed by atoms with E-state index in [-0.39, 0.29) is 11.9 Å². The fourth-order valence-electron chi connectivity index (χ4n) is 1.72. The van der Waals surface area contributed by atoms with Crippen molar-refractivity contribution in [2.24, 2.45) is 11.8 Å². The molecule has 0 spiro atoms. The maximum atomic E-state index is 11.6. The Balaban J connectivity index is 1.75. The van der Waals surface area contributed by atoms with Crippen molar-refractivity contribution in [1.82, 2.24) is 5.32 Å². The summed E-state index contributed by atoms with van der Waals surface area (Å²) in [7, 11) is 0. The summed E-state index contributed by atoms with van der Waals surface area (Å²) in [6.45, 7) is 1.53. The van der Waals surface area contributed by atoms with Crippen molar-refractivity contribution in [1.29, 1.82) is 0 Å². The second kappa shape index (κ2) is 5.65. The average molecular weight is 261 g/mol. The number of hydrogen-bond donors (Lipinski definition) is 1. The highest BCUT2D eigenvalue weighted by Gasteiger charge is 2.40. The van der Waals surface area contributed by atoms with Crippen LogP contribution in [0, 0.1) is 11.8 Å². The van der Waals surface area contributed by atoms with Gasteiger partial charge in [0.2, 0.25) is 0 Å². The Morgan fingerprint density at radius 3 is 2.47 bits per heavy atom. The minimum Gasteiger partial charge on any atom is -0.455 e. The van der Waals surface area contributed by atoms with Crippen LogP contribution >= 0.6 is 0 Å². The molecule has 1 fully saturated rings. The van der Waals surface area contributed by atoms with Crippen LogP contribution in [-0.2, 0) is 14.3 Å². The van der Waals surface area contributed by atoms with Crippen molar-refractivity contribution in [3.8, 4) is 0 Å². The van der Waals surface area contributed by atoms with E-state index < -0.39 is 18.4 Å². The van der Waals surface area contributed by atoms with Gasteiger partial charge in [0.15, 0.2) is 6.61 Å². The number of imide groups is 1. The van der Waals surface area contributed by atoms with E-state index in [1.165, 1.54) is 0 Å². The van der Waals surface area contributed by atoms with Crippen LogP contribution < -0.4 is 5.32 Å². The highest BCUT2D eigenvalue weighted by atomic mass is 16.5. The van der Waals surface area contributed by atoms with E-state index in [4.69, 9.17) is 4.74 Å². The lowest BCUT2D eigenvalue weighted by molar-refractivity contribution is -0.149. The number of hydrogen-bond acceptors (Lipinski definition) is 4. The number of esters is 1. The quantitative estimate of drug-likeness (QED) is 0.825. The first kappa shape index (κ1) is 13.3. The molecule has 1 aliphatic carbocycles. The molecule has 1 aromatic rings. The Morgan fingerprint density at radius 2 is 1.89 bits per heavy atom. The topological polar surface area (TPSA) is 72.5 Å².